The average molecular weight is 623 g/mol. The van der Waals surface area contributed by atoms with Gasteiger partial charge in [-0.25, -0.2) is 0 Å². The Bertz CT molecular complexity index is 1180. The minimum atomic E-state index is 0.193. The van der Waals surface area contributed by atoms with E-state index in [-0.39, 0.29) is 6.04 Å². The van der Waals surface area contributed by atoms with E-state index in [1.165, 1.54) is 20.4 Å². The number of hydrogen-bond donors (Lipinski definition) is 1. The van der Waals surface area contributed by atoms with Gasteiger partial charge in [0.05, 0.1) is 17.6 Å². The van der Waals surface area contributed by atoms with E-state index in [2.05, 4.69) is 86.3 Å². The van der Waals surface area contributed by atoms with Crippen LogP contribution >= 0.6 is 50.1 Å². The normalized spacial score (nSPS) is 20.9. The molecule has 0 saturated carbocycles. The number of halogens is 3. The maximum atomic E-state index is 6.13. The number of ether oxygens (including phenoxy) is 2. The molecule has 3 aromatic rings. The first-order chi connectivity index (χ1) is 15.5. The van der Waals surface area contributed by atoms with Crippen molar-refractivity contribution in [3.63, 3.8) is 0 Å². The van der Waals surface area contributed by atoms with Gasteiger partial charge in [-0.3, -0.25) is 0 Å². The standard InChI is InChI=1S/C26H22BrClINO2/c1-31-24-12-16(11-22(27)26(24)32-14-15-5-7-17(28)8-6-15)25-20-4-2-3-19(20)21-13-18(29)9-10-23(21)30-25/h2-3,5-13,19-20,25,30H,4,14H2,1H3/t19-,20+,25+/m1/s1. The van der Waals surface area contributed by atoms with Crippen LogP contribution in [0.1, 0.15) is 35.1 Å². The Hall–Kier alpha value is -1.70. The third-order valence-corrected chi connectivity index (χ3v) is 7.74. The average Bonchev–Trinajstić information content (AvgIpc) is 3.29. The summed E-state index contributed by atoms with van der Waals surface area (Å²) in [5, 5.41) is 4.52. The highest BCUT2D eigenvalue weighted by molar-refractivity contribution is 14.1. The Labute approximate surface area is 215 Å². The fourth-order valence-electron chi connectivity index (χ4n) is 4.69. The van der Waals surface area contributed by atoms with E-state index < -0.39 is 0 Å². The molecule has 0 bridgehead atoms. The van der Waals surface area contributed by atoms with Gasteiger partial charge in [0, 0.05) is 20.2 Å². The number of benzene rings is 3. The molecule has 1 N–H and O–H groups in total. The highest BCUT2D eigenvalue weighted by Gasteiger charge is 2.38. The second-order valence-electron chi connectivity index (χ2n) is 8.16. The molecule has 1 aliphatic carbocycles. The SMILES string of the molecule is COc1cc([C@@H]2Nc3ccc(I)cc3[C@@H]3C=CC[C@@H]32)cc(Br)c1OCc1ccc(Cl)cc1. The van der Waals surface area contributed by atoms with Crippen LogP contribution in [0, 0.1) is 9.49 Å². The van der Waals surface area contributed by atoms with E-state index in [4.69, 9.17) is 21.1 Å². The van der Waals surface area contributed by atoms with Gasteiger partial charge in [-0.05, 0) is 110 Å². The first kappa shape index (κ1) is 22.1. The maximum absolute atomic E-state index is 6.13. The molecule has 32 heavy (non-hydrogen) atoms. The van der Waals surface area contributed by atoms with Crippen molar-refractivity contribution in [2.75, 3.05) is 12.4 Å². The quantitative estimate of drug-likeness (QED) is 0.230. The van der Waals surface area contributed by atoms with E-state index in [0.717, 1.165) is 22.2 Å². The Morgan fingerprint density at radius 2 is 1.94 bits per heavy atom. The van der Waals surface area contributed by atoms with E-state index in [1.54, 1.807) is 7.11 Å². The molecule has 0 fully saturated rings. The van der Waals surface area contributed by atoms with E-state index in [9.17, 15) is 0 Å². The van der Waals surface area contributed by atoms with E-state index in [1.807, 2.05) is 24.3 Å². The smallest absolute Gasteiger partial charge is 0.175 e. The summed E-state index contributed by atoms with van der Waals surface area (Å²) in [6, 6.07) is 18.8. The summed E-state index contributed by atoms with van der Waals surface area (Å²) in [5.41, 5.74) is 4.84. The van der Waals surface area contributed by atoms with Gasteiger partial charge in [0.15, 0.2) is 11.5 Å². The van der Waals surface area contributed by atoms with Crippen LogP contribution in [-0.4, -0.2) is 7.11 Å². The van der Waals surface area contributed by atoms with Gasteiger partial charge in [-0.2, -0.15) is 0 Å². The molecule has 0 saturated heterocycles. The highest BCUT2D eigenvalue weighted by Crippen LogP contribution is 2.51. The molecule has 5 rings (SSSR count). The fourth-order valence-corrected chi connectivity index (χ4v) is 5.91. The molecule has 6 heteroatoms. The zero-order chi connectivity index (χ0) is 22.2. The van der Waals surface area contributed by atoms with Gasteiger partial charge < -0.3 is 14.8 Å². The predicted octanol–water partition coefficient (Wildman–Crippen LogP) is 8.12. The first-order valence-electron chi connectivity index (χ1n) is 10.5. The highest BCUT2D eigenvalue weighted by atomic mass is 127. The van der Waals surface area contributed by atoms with Gasteiger partial charge in [0.25, 0.3) is 0 Å². The van der Waals surface area contributed by atoms with Crippen LogP contribution < -0.4 is 14.8 Å². The van der Waals surface area contributed by atoms with Crippen molar-refractivity contribution in [2.45, 2.75) is 25.0 Å². The van der Waals surface area contributed by atoms with Crippen molar-refractivity contribution >= 4 is 55.8 Å². The molecule has 2 aliphatic rings. The Morgan fingerprint density at radius 1 is 1.12 bits per heavy atom. The minimum absolute atomic E-state index is 0.193. The molecule has 0 unspecified atom stereocenters. The maximum Gasteiger partial charge on any atom is 0.175 e. The van der Waals surface area contributed by atoms with Crippen molar-refractivity contribution in [1.29, 1.82) is 0 Å². The number of methoxy groups -OCH3 is 1. The molecule has 0 amide bonds. The van der Waals surface area contributed by atoms with Gasteiger partial charge >= 0.3 is 0 Å². The van der Waals surface area contributed by atoms with Crippen LogP contribution in [0.3, 0.4) is 0 Å². The second kappa shape index (κ2) is 9.27. The lowest BCUT2D eigenvalue weighted by molar-refractivity contribution is 0.282. The fraction of sp³-hybridized carbons (Fsp3) is 0.231. The number of fused-ring (bicyclic) bond motifs is 3. The van der Waals surface area contributed by atoms with Gasteiger partial charge in [0.1, 0.15) is 6.61 Å². The lowest BCUT2D eigenvalue weighted by Gasteiger charge is -2.38. The van der Waals surface area contributed by atoms with Crippen LogP contribution in [0.2, 0.25) is 5.02 Å². The number of hydrogen-bond acceptors (Lipinski definition) is 3. The Morgan fingerprint density at radius 3 is 2.72 bits per heavy atom. The summed E-state index contributed by atoms with van der Waals surface area (Å²) in [6.45, 7) is 0.438. The molecule has 1 aliphatic heterocycles. The molecule has 3 nitrogen and oxygen atoms in total. The summed E-state index contributed by atoms with van der Waals surface area (Å²) in [4.78, 5) is 0. The zero-order valence-corrected chi connectivity index (χ0v) is 21.9. The van der Waals surface area contributed by atoms with Crippen LogP contribution in [0.25, 0.3) is 0 Å². The third kappa shape index (κ3) is 4.27. The number of anilines is 1. The largest absolute Gasteiger partial charge is 0.493 e. The van der Waals surface area contributed by atoms with Crippen molar-refractivity contribution < 1.29 is 9.47 Å². The summed E-state index contributed by atoms with van der Waals surface area (Å²) in [5.74, 6) is 2.33. The summed E-state index contributed by atoms with van der Waals surface area (Å²) in [7, 11) is 1.69. The second-order valence-corrected chi connectivity index (χ2v) is 10.7. The first-order valence-corrected chi connectivity index (χ1v) is 12.8. The lowest BCUT2D eigenvalue weighted by atomic mass is 9.77. The molecular weight excluding hydrogens is 601 g/mol. The number of allylic oxidation sites excluding steroid dienone is 2. The predicted molar refractivity (Wildman–Crippen MR) is 142 cm³/mol. The molecule has 1 heterocycles. The van der Waals surface area contributed by atoms with Crippen LogP contribution in [0.5, 0.6) is 11.5 Å². The summed E-state index contributed by atoms with van der Waals surface area (Å²) >= 11 is 12.1. The number of nitrogens with one attached hydrogen (secondary N) is 1. The van der Waals surface area contributed by atoms with Gasteiger partial charge in [-0.15, -0.1) is 0 Å². The molecule has 0 radical (unpaired) electrons. The molecule has 0 aromatic heterocycles. The van der Waals surface area contributed by atoms with Crippen molar-refractivity contribution in [1.82, 2.24) is 0 Å². The molecule has 164 valence electrons. The third-order valence-electron chi connectivity index (χ3n) is 6.23. The lowest BCUT2D eigenvalue weighted by Crippen LogP contribution is -2.29. The van der Waals surface area contributed by atoms with Crippen molar-refractivity contribution in [3.05, 3.63) is 96.5 Å². The Kier molecular flexibility index (Phi) is 6.41. The molecule has 3 aromatic carbocycles. The van der Waals surface area contributed by atoms with Crippen LogP contribution in [0.4, 0.5) is 5.69 Å². The zero-order valence-electron chi connectivity index (χ0n) is 17.4. The Balaban J connectivity index is 1.44. The number of rotatable bonds is 5. The van der Waals surface area contributed by atoms with E-state index in [0.29, 0.717) is 29.2 Å². The summed E-state index contributed by atoms with van der Waals surface area (Å²) < 4.78 is 14.0. The molecule has 0 spiro atoms. The monoisotopic (exact) mass is 621 g/mol. The van der Waals surface area contributed by atoms with Crippen molar-refractivity contribution in [3.8, 4) is 11.5 Å². The topological polar surface area (TPSA) is 30.5 Å². The van der Waals surface area contributed by atoms with Gasteiger partial charge in [0.2, 0.25) is 0 Å². The minimum Gasteiger partial charge on any atom is -0.493 e. The molecule has 3 atom stereocenters. The van der Waals surface area contributed by atoms with Crippen molar-refractivity contribution in [2.24, 2.45) is 5.92 Å². The van der Waals surface area contributed by atoms with E-state index >= 15 is 0 Å². The van der Waals surface area contributed by atoms with Crippen LogP contribution in [-0.2, 0) is 6.61 Å². The molecular formula is C26H22BrClINO2. The summed E-state index contributed by atoms with van der Waals surface area (Å²) in [6.07, 6.45) is 5.74. The van der Waals surface area contributed by atoms with Gasteiger partial charge in [-0.1, -0.05) is 35.9 Å². The van der Waals surface area contributed by atoms with Crippen LogP contribution in [0.15, 0.2) is 71.2 Å².